The second-order valence-corrected chi connectivity index (χ2v) is 9.03. The van der Waals surface area contributed by atoms with E-state index in [0.29, 0.717) is 24.6 Å². The lowest BCUT2D eigenvalue weighted by molar-refractivity contribution is 0.0690. The zero-order valence-corrected chi connectivity index (χ0v) is 17.7. The van der Waals surface area contributed by atoms with Crippen LogP contribution < -0.4 is 9.46 Å². The molecule has 2 aromatic rings. The molecule has 1 N–H and O–H groups in total. The first-order valence-electron chi connectivity index (χ1n) is 9.95. The quantitative estimate of drug-likeness (QED) is 0.753. The van der Waals surface area contributed by atoms with Crippen LogP contribution in [0.4, 0.5) is 0 Å². The number of likely N-dealkylation sites (tertiary alicyclic amines) is 1. The van der Waals surface area contributed by atoms with Gasteiger partial charge in [-0.1, -0.05) is 37.3 Å². The Morgan fingerprint density at radius 2 is 1.83 bits per heavy atom. The molecular weight excluding hydrogens is 388 g/mol. The van der Waals surface area contributed by atoms with Gasteiger partial charge in [0.05, 0.1) is 7.11 Å². The summed E-state index contributed by atoms with van der Waals surface area (Å²) in [7, 11) is -2.31. The number of amides is 1. The van der Waals surface area contributed by atoms with E-state index in [4.69, 9.17) is 4.74 Å². The minimum atomic E-state index is -3.73. The number of methoxy groups -OCH3 is 1. The van der Waals surface area contributed by atoms with Crippen molar-refractivity contribution < 1.29 is 17.9 Å². The summed E-state index contributed by atoms with van der Waals surface area (Å²) in [6, 6.07) is 15.0. The Bertz CT molecular complexity index is 937. The molecule has 1 aliphatic rings. The average Bonchev–Trinajstić information content (AvgIpc) is 2.74. The zero-order valence-electron chi connectivity index (χ0n) is 16.9. The minimum absolute atomic E-state index is 0.00772. The highest BCUT2D eigenvalue weighted by molar-refractivity contribution is 7.89. The first kappa shape index (κ1) is 21.3. The number of benzene rings is 2. The molecule has 2 aromatic carbocycles. The van der Waals surface area contributed by atoms with Crippen LogP contribution in [0.3, 0.4) is 0 Å². The maximum atomic E-state index is 13.0. The molecule has 1 aliphatic heterocycles. The van der Waals surface area contributed by atoms with E-state index in [1.54, 1.807) is 19.1 Å². The molecule has 0 aromatic heterocycles. The van der Waals surface area contributed by atoms with E-state index >= 15 is 0 Å². The largest absolute Gasteiger partial charge is 0.495 e. The second kappa shape index (κ2) is 9.41. The van der Waals surface area contributed by atoms with Gasteiger partial charge in [-0.05, 0) is 48.9 Å². The van der Waals surface area contributed by atoms with Crippen molar-refractivity contribution in [3.05, 3.63) is 59.7 Å². The van der Waals surface area contributed by atoms with Gasteiger partial charge in [0, 0.05) is 25.2 Å². The maximum absolute atomic E-state index is 13.0. The van der Waals surface area contributed by atoms with E-state index in [1.807, 2.05) is 11.0 Å². The van der Waals surface area contributed by atoms with Crippen molar-refractivity contribution in [3.8, 4) is 5.75 Å². The summed E-state index contributed by atoms with van der Waals surface area (Å²) < 4.78 is 32.6. The molecule has 1 heterocycles. The summed E-state index contributed by atoms with van der Waals surface area (Å²) in [4.78, 5) is 14.8. The Labute approximate surface area is 172 Å². The van der Waals surface area contributed by atoms with Crippen LogP contribution in [0.2, 0.25) is 0 Å². The summed E-state index contributed by atoms with van der Waals surface area (Å²) in [5.41, 5.74) is 1.69. The fourth-order valence-corrected chi connectivity index (χ4v) is 4.99. The molecule has 156 valence electrons. The summed E-state index contributed by atoms with van der Waals surface area (Å²) in [5, 5.41) is 0. The molecule has 1 fully saturated rings. The van der Waals surface area contributed by atoms with Gasteiger partial charge in [-0.25, -0.2) is 13.1 Å². The van der Waals surface area contributed by atoms with Gasteiger partial charge < -0.3 is 9.64 Å². The lowest BCUT2D eigenvalue weighted by atomic mass is 9.90. The van der Waals surface area contributed by atoms with Gasteiger partial charge in [-0.2, -0.15) is 0 Å². The topological polar surface area (TPSA) is 75.7 Å². The third-order valence-corrected chi connectivity index (χ3v) is 6.87. The monoisotopic (exact) mass is 416 g/mol. The van der Waals surface area contributed by atoms with Gasteiger partial charge in [-0.15, -0.1) is 0 Å². The highest BCUT2D eigenvalue weighted by Crippen LogP contribution is 2.27. The molecule has 1 amide bonds. The summed E-state index contributed by atoms with van der Waals surface area (Å²) >= 11 is 0. The Hall–Kier alpha value is -2.38. The minimum Gasteiger partial charge on any atom is -0.495 e. The predicted molar refractivity (Wildman–Crippen MR) is 113 cm³/mol. The predicted octanol–water partition coefficient (Wildman–Crippen LogP) is 3.09. The molecule has 0 radical (unpaired) electrons. The molecule has 0 spiro atoms. The molecule has 1 saturated heterocycles. The smallest absolute Gasteiger partial charge is 0.253 e. The summed E-state index contributed by atoms with van der Waals surface area (Å²) in [6.07, 6.45) is 2.91. The fraction of sp³-hybridized carbons (Fsp3) is 0.409. The van der Waals surface area contributed by atoms with E-state index in [0.717, 1.165) is 19.3 Å². The zero-order chi connectivity index (χ0) is 20.9. The van der Waals surface area contributed by atoms with Crippen LogP contribution in [0.15, 0.2) is 53.4 Å². The average molecular weight is 417 g/mol. The van der Waals surface area contributed by atoms with Crippen molar-refractivity contribution >= 4 is 15.9 Å². The van der Waals surface area contributed by atoms with Gasteiger partial charge in [-0.3, -0.25) is 4.79 Å². The van der Waals surface area contributed by atoms with E-state index in [1.165, 1.54) is 18.7 Å². The van der Waals surface area contributed by atoms with Gasteiger partial charge >= 0.3 is 0 Å². The Morgan fingerprint density at radius 3 is 2.45 bits per heavy atom. The number of sulfonamides is 1. The Morgan fingerprint density at radius 1 is 1.14 bits per heavy atom. The van der Waals surface area contributed by atoms with Gasteiger partial charge in [0.25, 0.3) is 5.91 Å². The fourth-order valence-electron chi connectivity index (χ4n) is 3.76. The lowest BCUT2D eigenvalue weighted by Crippen LogP contribution is -2.39. The van der Waals surface area contributed by atoms with Gasteiger partial charge in [0.2, 0.25) is 10.0 Å². The van der Waals surface area contributed by atoms with Crippen LogP contribution >= 0.6 is 0 Å². The van der Waals surface area contributed by atoms with E-state index in [2.05, 4.69) is 29.0 Å². The molecule has 0 saturated carbocycles. The Balaban J connectivity index is 1.69. The van der Waals surface area contributed by atoms with Crippen molar-refractivity contribution in [2.24, 2.45) is 5.92 Å². The van der Waals surface area contributed by atoms with Crippen molar-refractivity contribution in [2.45, 2.75) is 31.1 Å². The summed E-state index contributed by atoms with van der Waals surface area (Å²) in [5.74, 6) is 0.643. The number of carbonyl (C=O) groups is 1. The van der Waals surface area contributed by atoms with Crippen molar-refractivity contribution in [2.75, 3.05) is 26.7 Å². The van der Waals surface area contributed by atoms with Crippen LogP contribution in [0.5, 0.6) is 5.75 Å². The number of nitrogens with zero attached hydrogens (tertiary/aromatic N) is 1. The second-order valence-electron chi connectivity index (χ2n) is 7.29. The third-order valence-electron chi connectivity index (χ3n) is 5.30. The molecule has 0 bridgehead atoms. The molecule has 6 nitrogen and oxygen atoms in total. The standard InChI is InChI=1S/C22H28N2O4S/c1-3-23-29(26,27)21-16-19(9-10-20(21)28-2)22(25)24-13-11-18(12-14-24)15-17-7-5-4-6-8-17/h4-10,16,18,23H,3,11-15H2,1-2H3. The number of rotatable bonds is 7. The summed E-state index contributed by atoms with van der Waals surface area (Å²) in [6.45, 7) is 3.33. The van der Waals surface area contributed by atoms with Crippen LogP contribution in [-0.4, -0.2) is 46.0 Å². The molecule has 3 rings (SSSR count). The first-order chi connectivity index (χ1) is 13.9. The number of hydrogen-bond acceptors (Lipinski definition) is 4. The number of ether oxygens (including phenoxy) is 1. The van der Waals surface area contributed by atoms with Gasteiger partial charge in [0.1, 0.15) is 10.6 Å². The van der Waals surface area contributed by atoms with Crippen molar-refractivity contribution in [3.63, 3.8) is 0 Å². The third kappa shape index (κ3) is 5.16. The van der Waals surface area contributed by atoms with Gasteiger partial charge in [0.15, 0.2) is 0 Å². The number of hydrogen-bond donors (Lipinski definition) is 1. The van der Waals surface area contributed by atoms with Crippen LogP contribution in [0.25, 0.3) is 0 Å². The Kier molecular flexibility index (Phi) is 6.92. The van der Waals surface area contributed by atoms with Crippen molar-refractivity contribution in [1.29, 1.82) is 0 Å². The van der Waals surface area contributed by atoms with Crippen LogP contribution in [-0.2, 0) is 16.4 Å². The normalized spacial score (nSPS) is 15.3. The molecule has 29 heavy (non-hydrogen) atoms. The van der Waals surface area contributed by atoms with E-state index < -0.39 is 10.0 Å². The first-order valence-corrected chi connectivity index (χ1v) is 11.4. The lowest BCUT2D eigenvalue weighted by Gasteiger charge is -2.32. The highest BCUT2D eigenvalue weighted by Gasteiger charge is 2.26. The highest BCUT2D eigenvalue weighted by atomic mass is 32.2. The maximum Gasteiger partial charge on any atom is 0.253 e. The molecule has 0 atom stereocenters. The van der Waals surface area contributed by atoms with E-state index in [-0.39, 0.29) is 23.1 Å². The van der Waals surface area contributed by atoms with Crippen LogP contribution in [0.1, 0.15) is 35.7 Å². The number of nitrogens with one attached hydrogen (secondary N) is 1. The van der Waals surface area contributed by atoms with Crippen LogP contribution in [0, 0.1) is 5.92 Å². The number of piperidine rings is 1. The molecule has 0 unspecified atom stereocenters. The molecule has 0 aliphatic carbocycles. The van der Waals surface area contributed by atoms with E-state index in [9.17, 15) is 13.2 Å². The van der Waals surface area contributed by atoms with Crippen molar-refractivity contribution in [1.82, 2.24) is 9.62 Å². The number of carbonyl (C=O) groups excluding carboxylic acids is 1. The molecule has 7 heteroatoms. The molecular formula is C22H28N2O4S. The SMILES string of the molecule is CCNS(=O)(=O)c1cc(C(=O)N2CCC(Cc3ccccc3)CC2)ccc1OC.